The molecule has 4 heterocycles. The van der Waals surface area contributed by atoms with E-state index in [9.17, 15) is 0 Å². The van der Waals surface area contributed by atoms with E-state index in [2.05, 4.69) is 156 Å². The van der Waals surface area contributed by atoms with E-state index in [-0.39, 0.29) is 0 Å². The first kappa shape index (κ1) is 35.2. The molecule has 13 rings (SSSR count). The van der Waals surface area contributed by atoms with Crippen molar-refractivity contribution in [2.24, 2.45) is 0 Å². The first-order chi connectivity index (χ1) is 31.2. The van der Waals surface area contributed by atoms with Crippen LogP contribution < -0.4 is 0 Å². The van der Waals surface area contributed by atoms with Crippen molar-refractivity contribution in [1.29, 1.82) is 0 Å². The highest BCUT2D eigenvalue weighted by Crippen LogP contribution is 2.41. The quantitative estimate of drug-likeness (QED) is 0.167. The second-order valence-electron chi connectivity index (χ2n) is 16.0. The lowest BCUT2D eigenvalue weighted by Gasteiger charge is -2.09. The first-order valence-electron chi connectivity index (χ1n) is 21.1. The minimum Gasteiger partial charge on any atom is -0.456 e. The van der Waals surface area contributed by atoms with Crippen molar-refractivity contribution < 1.29 is 8.83 Å². The number of furan rings is 2. The molecule has 0 saturated carbocycles. The van der Waals surface area contributed by atoms with Gasteiger partial charge in [-0.05, 0) is 95.1 Å². The zero-order valence-corrected chi connectivity index (χ0v) is 33.7. The molecule has 0 saturated heterocycles. The summed E-state index contributed by atoms with van der Waals surface area (Å²) in [6.45, 7) is 0. The van der Waals surface area contributed by atoms with Gasteiger partial charge in [0.25, 0.3) is 0 Å². The van der Waals surface area contributed by atoms with Crippen LogP contribution in [-0.4, -0.2) is 19.5 Å². The second-order valence-corrected chi connectivity index (χ2v) is 16.0. The van der Waals surface area contributed by atoms with Crippen molar-refractivity contribution in [2.45, 2.75) is 0 Å². The van der Waals surface area contributed by atoms with Crippen LogP contribution in [0.15, 0.2) is 215 Å². The van der Waals surface area contributed by atoms with Gasteiger partial charge in [-0.1, -0.05) is 133 Å². The fraction of sp³-hybridized carbons (Fsp3) is 0. The van der Waals surface area contributed by atoms with Crippen molar-refractivity contribution in [1.82, 2.24) is 19.5 Å². The van der Waals surface area contributed by atoms with Crippen molar-refractivity contribution in [3.8, 4) is 62.1 Å². The highest BCUT2D eigenvalue weighted by molar-refractivity contribution is 6.14. The Morgan fingerprint density at radius 3 is 1.63 bits per heavy atom. The average molecular weight is 807 g/mol. The fourth-order valence-corrected chi connectivity index (χ4v) is 9.27. The lowest BCUT2D eigenvalue weighted by atomic mass is 9.99. The molecule has 0 fully saturated rings. The Hall–Kier alpha value is -8.61. The Kier molecular flexibility index (Phi) is 7.80. The Morgan fingerprint density at radius 2 is 0.857 bits per heavy atom. The zero-order valence-electron chi connectivity index (χ0n) is 33.7. The minimum atomic E-state index is 0.555. The summed E-state index contributed by atoms with van der Waals surface area (Å²) in [7, 11) is 0. The predicted molar refractivity (Wildman–Crippen MR) is 256 cm³/mol. The summed E-state index contributed by atoms with van der Waals surface area (Å²) in [6, 6.07) is 71.6. The maximum absolute atomic E-state index is 6.54. The summed E-state index contributed by atoms with van der Waals surface area (Å²) in [5.41, 5.74) is 13.7. The van der Waals surface area contributed by atoms with Gasteiger partial charge in [-0.15, -0.1) is 0 Å². The van der Waals surface area contributed by atoms with Gasteiger partial charge in [-0.3, -0.25) is 0 Å². The summed E-state index contributed by atoms with van der Waals surface area (Å²) < 4.78 is 15.4. The minimum absolute atomic E-state index is 0.555. The number of nitrogens with zero attached hydrogens (tertiary/aromatic N) is 4. The van der Waals surface area contributed by atoms with Gasteiger partial charge in [-0.25, -0.2) is 15.0 Å². The van der Waals surface area contributed by atoms with Crippen LogP contribution >= 0.6 is 0 Å². The predicted octanol–water partition coefficient (Wildman–Crippen LogP) is 15.1. The van der Waals surface area contributed by atoms with E-state index in [4.69, 9.17) is 23.8 Å². The number of benzene rings is 9. The molecular formula is C57H34N4O2. The number of aromatic nitrogens is 4. The van der Waals surface area contributed by atoms with Crippen LogP contribution in [0, 0.1) is 0 Å². The molecule has 0 N–H and O–H groups in total. The van der Waals surface area contributed by atoms with Gasteiger partial charge in [-0.2, -0.15) is 0 Å². The molecule has 0 bridgehead atoms. The Balaban J connectivity index is 0.956. The highest BCUT2D eigenvalue weighted by Gasteiger charge is 2.20. The van der Waals surface area contributed by atoms with E-state index in [1.807, 2.05) is 54.6 Å². The molecule has 6 heteroatoms. The Bertz CT molecular complexity index is 3900. The van der Waals surface area contributed by atoms with Crippen LogP contribution in [0.5, 0.6) is 0 Å². The van der Waals surface area contributed by atoms with E-state index in [1.165, 1.54) is 21.8 Å². The molecule has 0 aliphatic rings. The molecule has 0 unspecified atom stereocenters. The molecule has 0 amide bonds. The van der Waals surface area contributed by atoms with Crippen LogP contribution in [0.2, 0.25) is 0 Å². The van der Waals surface area contributed by atoms with Gasteiger partial charge in [0, 0.05) is 54.7 Å². The van der Waals surface area contributed by atoms with Crippen LogP contribution in [0.4, 0.5) is 0 Å². The SMILES string of the molecule is c1ccc(-c2ccc3c(c2)oc2cc(-c4nc(-c5ccccc5)nc(-c5cccc6oc7ccc(-c8ccc9c(c8)c8ccccc8n9-c8ccccc8)cc7c56)n4)ccc23)cc1. The van der Waals surface area contributed by atoms with Crippen molar-refractivity contribution in [2.75, 3.05) is 0 Å². The summed E-state index contributed by atoms with van der Waals surface area (Å²) in [5.74, 6) is 1.70. The standard InChI is InChI=1S/C57H34N4O2/c1-4-13-35(14-5-1)39-23-27-43-44-28-24-40(34-53(44)63-52(43)33-39)56-58-55(36-15-6-2-7-16-36)59-57(60-56)45-20-12-22-51-54(45)47-32-38(26-30-50(47)62-51)37-25-29-49-46(31-37)42-19-10-11-21-48(42)61(49)41-17-8-3-9-18-41/h1-34H. The number of para-hydroxylation sites is 2. The van der Waals surface area contributed by atoms with Gasteiger partial charge >= 0.3 is 0 Å². The van der Waals surface area contributed by atoms with E-state index < -0.39 is 0 Å². The molecule has 6 nitrogen and oxygen atoms in total. The molecule has 13 aromatic rings. The van der Waals surface area contributed by atoms with Crippen molar-refractivity contribution in [3.63, 3.8) is 0 Å². The molecule has 0 aliphatic heterocycles. The number of hydrogen-bond donors (Lipinski definition) is 0. The lowest BCUT2D eigenvalue weighted by molar-refractivity contribution is 0.668. The van der Waals surface area contributed by atoms with E-state index >= 15 is 0 Å². The van der Waals surface area contributed by atoms with Crippen LogP contribution in [0.1, 0.15) is 0 Å². The summed E-state index contributed by atoms with van der Waals surface area (Å²) in [5, 5.41) is 6.47. The Morgan fingerprint density at radius 1 is 0.302 bits per heavy atom. The molecule has 0 aliphatic carbocycles. The smallest absolute Gasteiger partial charge is 0.164 e. The molecule has 9 aromatic carbocycles. The monoisotopic (exact) mass is 806 g/mol. The normalized spacial score (nSPS) is 11.8. The van der Waals surface area contributed by atoms with E-state index in [0.29, 0.717) is 17.5 Å². The van der Waals surface area contributed by atoms with E-state index in [0.717, 1.165) is 88.5 Å². The third kappa shape index (κ3) is 5.76. The summed E-state index contributed by atoms with van der Waals surface area (Å²) in [6.07, 6.45) is 0. The molecule has 0 spiro atoms. The third-order valence-electron chi connectivity index (χ3n) is 12.3. The van der Waals surface area contributed by atoms with Crippen molar-refractivity contribution in [3.05, 3.63) is 206 Å². The number of fused-ring (bicyclic) bond motifs is 9. The topological polar surface area (TPSA) is 69.9 Å². The molecule has 0 atom stereocenters. The third-order valence-corrected chi connectivity index (χ3v) is 12.3. The maximum atomic E-state index is 6.54. The highest BCUT2D eigenvalue weighted by atomic mass is 16.3. The molecule has 63 heavy (non-hydrogen) atoms. The molecule has 4 aromatic heterocycles. The number of rotatable bonds is 6. The van der Waals surface area contributed by atoms with Gasteiger partial charge < -0.3 is 13.4 Å². The summed E-state index contributed by atoms with van der Waals surface area (Å²) in [4.78, 5) is 15.4. The maximum Gasteiger partial charge on any atom is 0.164 e. The Labute approximate surface area is 361 Å². The lowest BCUT2D eigenvalue weighted by Crippen LogP contribution is -2.00. The fourth-order valence-electron chi connectivity index (χ4n) is 9.27. The van der Waals surface area contributed by atoms with Gasteiger partial charge in [0.15, 0.2) is 17.5 Å². The number of hydrogen-bond acceptors (Lipinski definition) is 5. The first-order valence-corrected chi connectivity index (χ1v) is 21.1. The van der Waals surface area contributed by atoms with Gasteiger partial charge in [0.1, 0.15) is 22.3 Å². The average Bonchev–Trinajstić information content (AvgIpc) is 4.03. The molecule has 0 radical (unpaired) electrons. The van der Waals surface area contributed by atoms with Crippen LogP contribution in [-0.2, 0) is 0 Å². The molecule has 294 valence electrons. The molecular weight excluding hydrogens is 773 g/mol. The largest absolute Gasteiger partial charge is 0.456 e. The van der Waals surface area contributed by atoms with Gasteiger partial charge in [0.2, 0.25) is 0 Å². The second kappa shape index (κ2) is 14.0. The van der Waals surface area contributed by atoms with Crippen LogP contribution in [0.3, 0.4) is 0 Å². The van der Waals surface area contributed by atoms with Crippen molar-refractivity contribution >= 4 is 65.7 Å². The summed E-state index contributed by atoms with van der Waals surface area (Å²) >= 11 is 0. The van der Waals surface area contributed by atoms with E-state index in [1.54, 1.807) is 0 Å². The van der Waals surface area contributed by atoms with Crippen LogP contribution in [0.25, 0.3) is 128 Å². The zero-order chi connectivity index (χ0) is 41.4. The van der Waals surface area contributed by atoms with Gasteiger partial charge in [0.05, 0.1) is 11.0 Å².